The molecule has 2 saturated carbocycles. The van der Waals surface area contributed by atoms with Crippen LogP contribution in [0.1, 0.15) is 100 Å². The van der Waals surface area contributed by atoms with Crippen molar-refractivity contribution in [1.29, 1.82) is 0 Å². The lowest BCUT2D eigenvalue weighted by atomic mass is 9.44. The average Bonchev–Trinajstić information content (AvgIpc) is 3.19. The minimum atomic E-state index is -4.78. The zero-order valence-corrected chi connectivity index (χ0v) is 27.0. The molecule has 1 unspecified atom stereocenters. The van der Waals surface area contributed by atoms with E-state index in [1.807, 2.05) is 20.8 Å². The Bertz CT molecular complexity index is 1190. The van der Waals surface area contributed by atoms with E-state index >= 15 is 0 Å². The second kappa shape index (κ2) is 11.0. The molecular formula is C32H52O8S. The van der Waals surface area contributed by atoms with Gasteiger partial charge in [-0.25, -0.2) is 4.18 Å². The summed E-state index contributed by atoms with van der Waals surface area (Å²) in [6.07, 6.45) is 1.46. The summed E-state index contributed by atoms with van der Waals surface area (Å²) in [6, 6.07) is 0. The van der Waals surface area contributed by atoms with Gasteiger partial charge in [-0.15, -0.1) is 0 Å². The van der Waals surface area contributed by atoms with Crippen molar-refractivity contribution < 1.29 is 36.9 Å². The lowest BCUT2D eigenvalue weighted by Gasteiger charge is -2.63. The minimum absolute atomic E-state index is 0.135. The van der Waals surface area contributed by atoms with Crippen LogP contribution in [0.3, 0.4) is 0 Å². The molecule has 3 N–H and O–H groups in total. The molecular weight excluding hydrogens is 544 g/mol. The lowest BCUT2D eigenvalue weighted by Crippen LogP contribution is -2.64. The summed E-state index contributed by atoms with van der Waals surface area (Å²) < 4.78 is 43.9. The van der Waals surface area contributed by atoms with Crippen LogP contribution in [0.2, 0.25) is 0 Å². The number of aliphatic hydroxyl groups is 2. The maximum absolute atomic E-state index is 12.5. The van der Waals surface area contributed by atoms with Crippen molar-refractivity contribution >= 4 is 16.4 Å². The van der Waals surface area contributed by atoms with E-state index < -0.39 is 57.0 Å². The summed E-state index contributed by atoms with van der Waals surface area (Å²) >= 11 is 0. The van der Waals surface area contributed by atoms with E-state index in [0.29, 0.717) is 11.8 Å². The molecule has 0 spiro atoms. The van der Waals surface area contributed by atoms with Gasteiger partial charge in [0.1, 0.15) is 18.3 Å². The Labute approximate surface area is 246 Å². The molecule has 0 aliphatic heterocycles. The molecule has 0 bridgehead atoms. The molecule has 0 radical (unpaired) electrons. The molecule has 10 atom stereocenters. The van der Waals surface area contributed by atoms with Crippen molar-refractivity contribution in [2.75, 3.05) is 0 Å². The topological polar surface area (TPSA) is 130 Å². The zero-order chi connectivity index (χ0) is 30.9. The van der Waals surface area contributed by atoms with E-state index in [1.165, 1.54) is 18.1 Å². The standard InChI is InChI=1S/C32H52O8S/c1-17(2)18(3)10-11-19(4)22-13-14-23-21-12-15-25-30(6,7)28(40-41(36,37)38)24(34)16-31(25,8)26(21)27(35)29(32(22,23)9)39-20(5)33/h17,19,22-25,27-29,34-35H,3,10-16H2,1-2,4-9H3,(H,36,37,38)/t19-,22-,23+,24-,25?,27-,28-,29+,31+,32-/m1/s1. The van der Waals surface area contributed by atoms with E-state index in [-0.39, 0.29) is 24.2 Å². The van der Waals surface area contributed by atoms with E-state index in [4.69, 9.17) is 8.92 Å². The molecule has 0 heterocycles. The van der Waals surface area contributed by atoms with Crippen LogP contribution in [0.5, 0.6) is 0 Å². The van der Waals surface area contributed by atoms with Gasteiger partial charge in [0.2, 0.25) is 0 Å². The third-order valence-corrected chi connectivity index (χ3v) is 12.4. The molecule has 0 aromatic heterocycles. The fraction of sp³-hybridized carbons (Fsp3) is 0.844. The van der Waals surface area contributed by atoms with E-state index in [2.05, 4.69) is 34.3 Å². The van der Waals surface area contributed by atoms with Gasteiger partial charge in [0.25, 0.3) is 0 Å². The summed E-state index contributed by atoms with van der Waals surface area (Å²) in [7, 11) is -4.78. The van der Waals surface area contributed by atoms with Gasteiger partial charge < -0.3 is 14.9 Å². The highest BCUT2D eigenvalue weighted by Crippen LogP contribution is 2.68. The third kappa shape index (κ3) is 5.47. The van der Waals surface area contributed by atoms with E-state index in [1.54, 1.807) is 0 Å². The molecule has 0 amide bonds. The molecule has 2 fully saturated rings. The number of carbonyl (C=O) groups is 1. The predicted octanol–water partition coefficient (Wildman–Crippen LogP) is 5.65. The van der Waals surface area contributed by atoms with Gasteiger partial charge in [-0.05, 0) is 90.9 Å². The highest BCUT2D eigenvalue weighted by molar-refractivity contribution is 7.80. The quantitative estimate of drug-likeness (QED) is 0.186. The number of fused-ring (bicyclic) bond motifs is 4. The average molecular weight is 597 g/mol. The van der Waals surface area contributed by atoms with Crippen molar-refractivity contribution in [3.05, 3.63) is 23.3 Å². The van der Waals surface area contributed by atoms with Crippen molar-refractivity contribution in [2.24, 2.45) is 45.8 Å². The van der Waals surface area contributed by atoms with Crippen LogP contribution in [0.25, 0.3) is 0 Å². The van der Waals surface area contributed by atoms with Crippen molar-refractivity contribution in [3.8, 4) is 0 Å². The largest absolute Gasteiger partial charge is 0.459 e. The SMILES string of the molecule is C=C(CC[C@@H](C)[C@H]1CC[C@H]2C3=C([C@@H](O)[C@H](OC(C)=O)[C@]12C)[C@@]1(C)C[C@@H](O)[C@@H](OS(=O)(=O)O)C(C)(C)C1CC3)C(C)C. The second-order valence-electron chi connectivity index (χ2n) is 14.9. The molecule has 4 aliphatic rings. The van der Waals surface area contributed by atoms with E-state index in [9.17, 15) is 28.0 Å². The van der Waals surface area contributed by atoms with Crippen LogP contribution in [-0.4, -0.2) is 53.6 Å². The van der Waals surface area contributed by atoms with Gasteiger partial charge in [0, 0.05) is 12.3 Å². The monoisotopic (exact) mass is 596 g/mol. The van der Waals surface area contributed by atoms with Crippen LogP contribution in [0.15, 0.2) is 23.3 Å². The van der Waals surface area contributed by atoms with Gasteiger partial charge in [-0.1, -0.05) is 66.2 Å². The smallest absolute Gasteiger partial charge is 0.397 e. The number of esters is 1. The molecule has 0 aromatic carbocycles. The number of hydrogen-bond acceptors (Lipinski definition) is 7. The Balaban J connectivity index is 1.76. The Morgan fingerprint density at radius 2 is 1.71 bits per heavy atom. The lowest BCUT2D eigenvalue weighted by molar-refractivity contribution is -0.183. The van der Waals surface area contributed by atoms with Crippen LogP contribution in [0, 0.1) is 45.8 Å². The van der Waals surface area contributed by atoms with Crippen molar-refractivity contribution in [3.63, 3.8) is 0 Å². The van der Waals surface area contributed by atoms with Gasteiger partial charge in [-0.2, -0.15) is 8.42 Å². The first-order valence-corrected chi connectivity index (χ1v) is 16.7. The summed E-state index contributed by atoms with van der Waals surface area (Å²) in [5.74, 6) is 0.615. The van der Waals surface area contributed by atoms with Gasteiger partial charge in [0.15, 0.2) is 0 Å². The summed E-state index contributed by atoms with van der Waals surface area (Å²) in [6.45, 7) is 20.2. The normalized spacial score (nSPS) is 40.9. The first-order chi connectivity index (χ1) is 18.8. The predicted molar refractivity (Wildman–Crippen MR) is 157 cm³/mol. The fourth-order valence-corrected chi connectivity index (χ4v) is 10.7. The van der Waals surface area contributed by atoms with E-state index in [0.717, 1.165) is 44.1 Å². The number of rotatable bonds is 8. The zero-order valence-electron chi connectivity index (χ0n) is 26.1. The molecule has 41 heavy (non-hydrogen) atoms. The molecule has 234 valence electrons. The highest BCUT2D eigenvalue weighted by atomic mass is 32.3. The fourth-order valence-electron chi connectivity index (χ4n) is 10.0. The minimum Gasteiger partial charge on any atom is -0.459 e. The maximum Gasteiger partial charge on any atom is 0.397 e. The molecule has 0 aromatic rings. The Morgan fingerprint density at radius 3 is 2.27 bits per heavy atom. The first kappa shape index (κ1) is 32.6. The van der Waals surface area contributed by atoms with Crippen molar-refractivity contribution in [1.82, 2.24) is 0 Å². The van der Waals surface area contributed by atoms with Gasteiger partial charge >= 0.3 is 16.4 Å². The number of hydrogen-bond donors (Lipinski definition) is 3. The molecule has 9 heteroatoms. The Hall–Kier alpha value is -1.26. The van der Waals surface area contributed by atoms with Crippen LogP contribution >= 0.6 is 0 Å². The molecule has 4 rings (SSSR count). The number of aliphatic hydroxyl groups excluding tert-OH is 2. The number of ether oxygens (including phenoxy) is 1. The van der Waals surface area contributed by atoms with Gasteiger partial charge in [-0.3, -0.25) is 9.35 Å². The van der Waals surface area contributed by atoms with Crippen LogP contribution < -0.4 is 0 Å². The second-order valence-corrected chi connectivity index (χ2v) is 15.9. The van der Waals surface area contributed by atoms with Crippen molar-refractivity contribution in [2.45, 2.75) is 125 Å². The summed E-state index contributed by atoms with van der Waals surface area (Å²) in [5, 5.41) is 23.5. The van der Waals surface area contributed by atoms with Crippen LogP contribution in [0.4, 0.5) is 0 Å². The first-order valence-electron chi connectivity index (χ1n) is 15.4. The molecule has 4 aliphatic carbocycles. The van der Waals surface area contributed by atoms with Gasteiger partial charge in [0.05, 0.1) is 6.10 Å². The summed E-state index contributed by atoms with van der Waals surface area (Å²) in [4.78, 5) is 12.5. The number of carbonyl (C=O) groups excluding carboxylic acids is 1. The number of allylic oxidation sites excluding steroid dienone is 2. The molecule has 0 saturated heterocycles. The summed E-state index contributed by atoms with van der Waals surface area (Å²) in [5.41, 5.74) is 1.37. The Kier molecular flexibility index (Phi) is 8.78. The molecule has 8 nitrogen and oxygen atoms in total. The van der Waals surface area contributed by atoms with Crippen LogP contribution in [-0.2, 0) is 24.1 Å². The maximum atomic E-state index is 12.5. The highest BCUT2D eigenvalue weighted by Gasteiger charge is 2.67. The third-order valence-electron chi connectivity index (χ3n) is 11.9. The Morgan fingerprint density at radius 1 is 1.07 bits per heavy atom.